The first kappa shape index (κ1) is 14.8. The van der Waals surface area contributed by atoms with E-state index in [2.05, 4.69) is 23.7 Å². The van der Waals surface area contributed by atoms with Gasteiger partial charge in [-0.3, -0.25) is 4.79 Å². The highest BCUT2D eigenvalue weighted by Crippen LogP contribution is 2.19. The van der Waals surface area contributed by atoms with Crippen LogP contribution < -0.4 is 5.32 Å². The summed E-state index contributed by atoms with van der Waals surface area (Å²) in [5, 5.41) is 12.0. The number of aliphatic hydroxyl groups excluding tert-OH is 1. The lowest BCUT2D eigenvalue weighted by molar-refractivity contribution is 0.0945. The van der Waals surface area contributed by atoms with E-state index in [1.807, 2.05) is 19.9 Å². The zero-order chi connectivity index (χ0) is 13.9. The predicted molar refractivity (Wildman–Crippen MR) is 72.9 cm³/mol. The highest BCUT2D eigenvalue weighted by molar-refractivity contribution is 5.95. The average Bonchev–Trinajstić information content (AvgIpc) is 2.53. The van der Waals surface area contributed by atoms with Crippen molar-refractivity contribution in [2.24, 2.45) is 0 Å². The van der Waals surface area contributed by atoms with Gasteiger partial charge in [0.1, 0.15) is 0 Å². The van der Waals surface area contributed by atoms with Crippen LogP contribution in [0.4, 0.5) is 0 Å². The van der Waals surface area contributed by atoms with Gasteiger partial charge in [-0.1, -0.05) is 0 Å². The molecule has 1 amide bonds. The number of amides is 1. The van der Waals surface area contributed by atoms with E-state index >= 15 is 0 Å². The molecule has 1 unspecified atom stereocenters. The molecule has 102 valence electrons. The number of hydrogen-bond acceptors (Lipinski definition) is 2. The molecule has 0 saturated carbocycles. The van der Waals surface area contributed by atoms with Gasteiger partial charge in [-0.25, -0.2) is 0 Å². The lowest BCUT2D eigenvalue weighted by Crippen LogP contribution is -2.27. The largest absolute Gasteiger partial charge is 0.393 e. The maximum absolute atomic E-state index is 12.0. The van der Waals surface area contributed by atoms with E-state index < -0.39 is 0 Å². The maximum Gasteiger partial charge on any atom is 0.253 e. The Kier molecular flexibility index (Phi) is 4.96. The Labute approximate surface area is 109 Å². The molecule has 0 bridgehead atoms. The van der Waals surface area contributed by atoms with Crippen molar-refractivity contribution >= 4 is 5.91 Å². The van der Waals surface area contributed by atoms with Crippen LogP contribution in [-0.4, -0.2) is 28.2 Å². The molecular weight excluding hydrogens is 228 g/mol. The Balaban J connectivity index is 2.78. The standard InChI is InChI=1S/C14H24N2O2/c1-9(2)16-10(3)8-13(12(16)5)14(18)15-7-6-11(4)17/h8-9,11,17H,6-7H2,1-5H3,(H,15,18). The zero-order valence-electron chi connectivity index (χ0n) is 11.9. The summed E-state index contributed by atoms with van der Waals surface area (Å²) in [6, 6.07) is 2.27. The number of rotatable bonds is 5. The molecule has 1 aromatic rings. The fraction of sp³-hybridized carbons (Fsp3) is 0.643. The summed E-state index contributed by atoms with van der Waals surface area (Å²) >= 11 is 0. The van der Waals surface area contributed by atoms with Crippen molar-refractivity contribution in [3.8, 4) is 0 Å². The first-order chi connectivity index (χ1) is 8.34. The van der Waals surface area contributed by atoms with E-state index in [-0.39, 0.29) is 12.0 Å². The fourth-order valence-corrected chi connectivity index (χ4v) is 2.29. The van der Waals surface area contributed by atoms with Gasteiger partial charge in [0.25, 0.3) is 5.91 Å². The number of nitrogens with one attached hydrogen (secondary N) is 1. The molecule has 0 fully saturated rings. The lowest BCUT2D eigenvalue weighted by Gasteiger charge is -2.13. The number of aliphatic hydroxyl groups is 1. The Hall–Kier alpha value is -1.29. The SMILES string of the molecule is Cc1cc(C(=O)NCCC(C)O)c(C)n1C(C)C. The van der Waals surface area contributed by atoms with Crippen molar-refractivity contribution < 1.29 is 9.90 Å². The average molecular weight is 252 g/mol. The number of nitrogens with zero attached hydrogens (tertiary/aromatic N) is 1. The van der Waals surface area contributed by atoms with E-state index in [9.17, 15) is 4.79 Å². The van der Waals surface area contributed by atoms with E-state index in [1.165, 1.54) is 0 Å². The van der Waals surface area contributed by atoms with Crippen molar-refractivity contribution in [2.75, 3.05) is 6.54 Å². The van der Waals surface area contributed by atoms with Crippen molar-refractivity contribution in [1.29, 1.82) is 0 Å². The number of aromatic nitrogens is 1. The number of carbonyl (C=O) groups excluding carboxylic acids is 1. The van der Waals surface area contributed by atoms with Crippen LogP contribution in [0.15, 0.2) is 6.07 Å². The van der Waals surface area contributed by atoms with Crippen LogP contribution in [0.1, 0.15) is 55.0 Å². The summed E-state index contributed by atoms with van der Waals surface area (Å²) in [5.41, 5.74) is 2.83. The quantitative estimate of drug-likeness (QED) is 0.844. The second-order valence-corrected chi connectivity index (χ2v) is 5.14. The van der Waals surface area contributed by atoms with E-state index in [0.29, 0.717) is 19.0 Å². The van der Waals surface area contributed by atoms with E-state index in [0.717, 1.165) is 17.0 Å². The summed E-state index contributed by atoms with van der Waals surface area (Å²) in [7, 11) is 0. The van der Waals surface area contributed by atoms with Gasteiger partial charge in [0.15, 0.2) is 0 Å². The summed E-state index contributed by atoms with van der Waals surface area (Å²) in [5.74, 6) is -0.0596. The minimum absolute atomic E-state index is 0.0596. The third kappa shape index (κ3) is 3.35. The Morgan fingerprint density at radius 3 is 2.44 bits per heavy atom. The second kappa shape index (κ2) is 6.05. The molecule has 1 rings (SSSR count). The predicted octanol–water partition coefficient (Wildman–Crippen LogP) is 2.19. The second-order valence-electron chi connectivity index (χ2n) is 5.14. The molecular formula is C14H24N2O2. The van der Waals surface area contributed by atoms with Gasteiger partial charge in [0, 0.05) is 24.0 Å². The normalized spacial score (nSPS) is 12.8. The van der Waals surface area contributed by atoms with Crippen LogP contribution in [0.25, 0.3) is 0 Å². The van der Waals surface area contributed by atoms with Gasteiger partial charge in [-0.2, -0.15) is 0 Å². The number of aryl methyl sites for hydroxylation is 1. The third-order valence-corrected chi connectivity index (χ3v) is 3.09. The summed E-state index contributed by atoms with van der Waals surface area (Å²) < 4.78 is 2.16. The van der Waals surface area contributed by atoms with Gasteiger partial charge < -0.3 is 15.0 Å². The molecule has 1 aromatic heterocycles. The first-order valence-electron chi connectivity index (χ1n) is 6.49. The first-order valence-corrected chi connectivity index (χ1v) is 6.49. The van der Waals surface area contributed by atoms with Crippen molar-refractivity contribution in [3.05, 3.63) is 23.0 Å². The third-order valence-electron chi connectivity index (χ3n) is 3.09. The molecule has 4 nitrogen and oxygen atoms in total. The van der Waals surface area contributed by atoms with E-state index in [1.54, 1.807) is 6.92 Å². The topological polar surface area (TPSA) is 54.3 Å². The van der Waals surface area contributed by atoms with Crippen LogP contribution in [0.2, 0.25) is 0 Å². The summed E-state index contributed by atoms with van der Waals surface area (Å²) in [6.07, 6.45) is 0.197. The van der Waals surface area contributed by atoms with Gasteiger partial charge in [0.2, 0.25) is 0 Å². The Morgan fingerprint density at radius 2 is 2.00 bits per heavy atom. The molecule has 0 spiro atoms. The molecule has 1 heterocycles. The smallest absolute Gasteiger partial charge is 0.253 e. The van der Waals surface area contributed by atoms with Crippen LogP contribution >= 0.6 is 0 Å². The number of hydrogen-bond donors (Lipinski definition) is 2. The number of carbonyl (C=O) groups is 1. The lowest BCUT2D eigenvalue weighted by atomic mass is 10.2. The van der Waals surface area contributed by atoms with Crippen molar-refractivity contribution in [2.45, 2.75) is 53.2 Å². The van der Waals surface area contributed by atoms with Crippen molar-refractivity contribution in [1.82, 2.24) is 9.88 Å². The minimum atomic E-state index is -0.381. The molecule has 0 radical (unpaired) electrons. The minimum Gasteiger partial charge on any atom is -0.393 e. The maximum atomic E-state index is 12.0. The van der Waals surface area contributed by atoms with Gasteiger partial charge in [0.05, 0.1) is 11.7 Å². The molecule has 4 heteroatoms. The van der Waals surface area contributed by atoms with Gasteiger partial charge in [-0.15, -0.1) is 0 Å². The van der Waals surface area contributed by atoms with E-state index in [4.69, 9.17) is 5.11 Å². The van der Waals surface area contributed by atoms with Crippen molar-refractivity contribution in [3.63, 3.8) is 0 Å². The molecule has 0 aliphatic carbocycles. The van der Waals surface area contributed by atoms with Crippen LogP contribution in [0, 0.1) is 13.8 Å². The van der Waals surface area contributed by atoms with Crippen LogP contribution in [0.3, 0.4) is 0 Å². The van der Waals surface area contributed by atoms with Gasteiger partial charge in [-0.05, 0) is 47.1 Å². The highest BCUT2D eigenvalue weighted by Gasteiger charge is 2.16. The molecule has 0 aliphatic rings. The monoisotopic (exact) mass is 252 g/mol. The highest BCUT2D eigenvalue weighted by atomic mass is 16.3. The molecule has 1 atom stereocenters. The Morgan fingerprint density at radius 1 is 1.39 bits per heavy atom. The van der Waals surface area contributed by atoms with Crippen LogP contribution in [0.5, 0.6) is 0 Å². The molecule has 18 heavy (non-hydrogen) atoms. The fourth-order valence-electron chi connectivity index (χ4n) is 2.29. The molecule has 2 N–H and O–H groups in total. The Bertz CT molecular complexity index is 420. The summed E-state index contributed by atoms with van der Waals surface area (Å²) in [6.45, 7) is 10.4. The van der Waals surface area contributed by atoms with Crippen LogP contribution in [-0.2, 0) is 0 Å². The zero-order valence-corrected chi connectivity index (χ0v) is 11.9. The molecule has 0 saturated heterocycles. The summed E-state index contributed by atoms with van der Waals surface area (Å²) in [4.78, 5) is 12.0. The molecule has 0 aromatic carbocycles. The van der Waals surface area contributed by atoms with Gasteiger partial charge >= 0.3 is 0 Å². The molecule has 0 aliphatic heterocycles.